The van der Waals surface area contributed by atoms with Gasteiger partial charge in [0.15, 0.2) is 11.6 Å². The first-order valence-electron chi connectivity index (χ1n) is 5.67. The molecule has 0 aromatic carbocycles. The van der Waals surface area contributed by atoms with E-state index in [1.165, 1.54) is 6.07 Å². The number of amides is 1. The van der Waals surface area contributed by atoms with Crippen molar-refractivity contribution >= 4 is 44.9 Å². The molecule has 0 saturated carbocycles. The summed E-state index contributed by atoms with van der Waals surface area (Å²) in [4.78, 5) is 15.4. The number of ether oxygens (including phenoxy) is 1. The molecule has 1 amide bonds. The van der Waals surface area contributed by atoms with Crippen molar-refractivity contribution in [3.63, 3.8) is 0 Å². The van der Waals surface area contributed by atoms with Crippen LogP contribution in [0.25, 0.3) is 0 Å². The van der Waals surface area contributed by atoms with Crippen LogP contribution >= 0.6 is 27.5 Å². The van der Waals surface area contributed by atoms with Gasteiger partial charge in [-0.15, -0.1) is 11.6 Å². The van der Waals surface area contributed by atoms with Crippen molar-refractivity contribution in [2.24, 2.45) is 0 Å². The summed E-state index contributed by atoms with van der Waals surface area (Å²) in [7, 11) is 0. The fourth-order valence-electron chi connectivity index (χ4n) is 1.56. The van der Waals surface area contributed by atoms with Crippen molar-refractivity contribution < 1.29 is 13.9 Å². The van der Waals surface area contributed by atoms with Crippen LogP contribution < -0.4 is 10.6 Å². The van der Waals surface area contributed by atoms with Crippen molar-refractivity contribution in [1.82, 2.24) is 4.98 Å². The lowest BCUT2D eigenvalue weighted by atomic mass is 10.2. The second kappa shape index (κ2) is 6.49. The van der Waals surface area contributed by atoms with Gasteiger partial charge in [0.25, 0.3) is 0 Å². The second-order valence-electron chi connectivity index (χ2n) is 3.99. The number of hydrogen-bond acceptors (Lipinski definition) is 4. The Morgan fingerprint density at radius 1 is 1.68 bits per heavy atom. The maximum absolute atomic E-state index is 13.8. The van der Waals surface area contributed by atoms with Crippen molar-refractivity contribution in [2.75, 3.05) is 29.7 Å². The molecule has 0 spiro atoms. The fourth-order valence-corrected chi connectivity index (χ4v) is 2.01. The highest BCUT2D eigenvalue weighted by molar-refractivity contribution is 9.10. The summed E-state index contributed by atoms with van der Waals surface area (Å²) in [5.41, 5.74) is -0.00632. The van der Waals surface area contributed by atoms with Gasteiger partial charge in [-0.3, -0.25) is 4.79 Å². The number of carbonyl (C=O) groups is 1. The minimum Gasteiger partial charge on any atom is -0.376 e. The van der Waals surface area contributed by atoms with Crippen LogP contribution in [0.15, 0.2) is 10.7 Å². The summed E-state index contributed by atoms with van der Waals surface area (Å²) in [5.74, 6) is -1.08. The maximum Gasteiger partial charge on any atom is 0.239 e. The molecular weight excluding hydrogens is 340 g/mol. The Kier molecular flexibility index (Phi) is 4.95. The summed E-state index contributed by atoms with van der Waals surface area (Å²) in [5, 5.41) is 5.35. The molecule has 1 aliphatic rings. The predicted octanol–water partition coefficient (Wildman–Crippen LogP) is 2.36. The minimum atomic E-state index is -0.586. The second-order valence-corrected chi connectivity index (χ2v) is 5.07. The summed E-state index contributed by atoms with van der Waals surface area (Å²) in [6, 6.07) is 1.18. The van der Waals surface area contributed by atoms with Crippen LogP contribution in [0.4, 0.5) is 15.9 Å². The van der Waals surface area contributed by atoms with Crippen LogP contribution in [0.2, 0.25) is 0 Å². The molecule has 8 heteroatoms. The molecule has 2 rings (SSSR count). The first kappa shape index (κ1) is 14.5. The summed E-state index contributed by atoms with van der Waals surface area (Å²) in [6.07, 6.45) is 1.05. The largest absolute Gasteiger partial charge is 0.376 e. The Morgan fingerprint density at radius 3 is 3.00 bits per heavy atom. The van der Waals surface area contributed by atoms with E-state index >= 15 is 0 Å². The number of halogens is 3. The minimum absolute atomic E-state index is 0.00632. The first-order valence-corrected chi connectivity index (χ1v) is 7.00. The molecule has 1 aliphatic heterocycles. The fraction of sp³-hybridized carbons (Fsp3) is 0.455. The smallest absolute Gasteiger partial charge is 0.239 e. The predicted molar refractivity (Wildman–Crippen MR) is 74.1 cm³/mol. The lowest BCUT2D eigenvalue weighted by Gasteiger charge is -2.27. The van der Waals surface area contributed by atoms with Gasteiger partial charge in [-0.2, -0.15) is 0 Å². The summed E-state index contributed by atoms with van der Waals surface area (Å²) >= 11 is 8.50. The third-order valence-electron chi connectivity index (χ3n) is 2.62. The van der Waals surface area contributed by atoms with Gasteiger partial charge < -0.3 is 15.4 Å². The number of rotatable bonds is 5. The van der Waals surface area contributed by atoms with Gasteiger partial charge in [-0.25, -0.2) is 9.37 Å². The molecule has 2 heterocycles. The van der Waals surface area contributed by atoms with Gasteiger partial charge in [-0.05, 0) is 22.4 Å². The number of nitrogens with zero attached hydrogens (tertiary/aromatic N) is 1. The maximum atomic E-state index is 13.8. The van der Waals surface area contributed by atoms with E-state index in [-0.39, 0.29) is 23.5 Å². The van der Waals surface area contributed by atoms with Crippen LogP contribution in [-0.4, -0.2) is 36.0 Å². The number of carbonyl (C=O) groups excluding carboxylic acids is 1. The molecule has 0 bridgehead atoms. The number of pyridine rings is 1. The zero-order chi connectivity index (χ0) is 13.8. The third kappa shape index (κ3) is 3.77. The Morgan fingerprint density at radius 2 is 2.42 bits per heavy atom. The van der Waals surface area contributed by atoms with Gasteiger partial charge in [0.2, 0.25) is 5.91 Å². The highest BCUT2D eigenvalue weighted by Gasteiger charge is 2.20. The molecule has 19 heavy (non-hydrogen) atoms. The van der Waals surface area contributed by atoms with E-state index in [4.69, 9.17) is 16.3 Å². The Labute approximate surface area is 123 Å². The van der Waals surface area contributed by atoms with Gasteiger partial charge >= 0.3 is 0 Å². The number of aromatic nitrogens is 1. The van der Waals surface area contributed by atoms with Gasteiger partial charge in [0.05, 0.1) is 6.10 Å². The van der Waals surface area contributed by atoms with Crippen LogP contribution in [0.5, 0.6) is 0 Å². The van der Waals surface area contributed by atoms with Crippen LogP contribution in [0.1, 0.15) is 6.42 Å². The van der Waals surface area contributed by atoms with E-state index in [0.717, 1.165) is 13.0 Å². The molecule has 1 aromatic rings. The van der Waals surface area contributed by atoms with Crippen LogP contribution in [-0.2, 0) is 9.53 Å². The monoisotopic (exact) mass is 351 g/mol. The van der Waals surface area contributed by atoms with Gasteiger partial charge in [-0.1, -0.05) is 0 Å². The standard InChI is InChI=1S/C11H12BrClFN3O2/c12-8-3-7(14)10(17-9(18)4-13)11(16-8)15-5-6-1-2-19-6/h3,6H,1-2,4-5H2,(H,15,16)(H,17,18)/t6-/m0/s1. The SMILES string of the molecule is O=C(CCl)Nc1c(F)cc(Br)nc1NC[C@@H]1CCO1. The molecule has 0 radical (unpaired) electrons. The molecule has 0 unspecified atom stereocenters. The zero-order valence-corrected chi connectivity index (χ0v) is 12.2. The lowest BCUT2D eigenvalue weighted by molar-refractivity contribution is -0.113. The molecular formula is C11H12BrClFN3O2. The van der Waals surface area contributed by atoms with Crippen molar-refractivity contribution in [1.29, 1.82) is 0 Å². The van der Waals surface area contributed by atoms with Crippen LogP contribution in [0.3, 0.4) is 0 Å². The summed E-state index contributed by atoms with van der Waals surface area (Å²) in [6.45, 7) is 1.25. The van der Waals surface area contributed by atoms with E-state index < -0.39 is 11.7 Å². The Hall–Kier alpha value is -0.920. The molecule has 2 N–H and O–H groups in total. The zero-order valence-electron chi connectivity index (χ0n) is 9.88. The van der Waals surface area contributed by atoms with E-state index in [2.05, 4.69) is 31.5 Å². The molecule has 5 nitrogen and oxygen atoms in total. The van der Waals surface area contributed by atoms with Gasteiger partial charge in [0, 0.05) is 19.2 Å². The summed E-state index contributed by atoms with van der Waals surface area (Å²) < 4.78 is 19.4. The Bertz CT molecular complexity index is 485. The molecule has 1 aromatic heterocycles. The van der Waals surface area contributed by atoms with Crippen molar-refractivity contribution in [2.45, 2.75) is 12.5 Å². The molecule has 1 saturated heterocycles. The highest BCUT2D eigenvalue weighted by atomic mass is 79.9. The van der Waals surface area contributed by atoms with Crippen molar-refractivity contribution in [3.05, 3.63) is 16.5 Å². The van der Waals surface area contributed by atoms with Crippen molar-refractivity contribution in [3.8, 4) is 0 Å². The number of hydrogen-bond donors (Lipinski definition) is 2. The first-order chi connectivity index (χ1) is 9.10. The number of alkyl halides is 1. The van der Waals surface area contributed by atoms with E-state index in [9.17, 15) is 9.18 Å². The lowest BCUT2D eigenvalue weighted by Crippen LogP contribution is -2.34. The average molecular weight is 353 g/mol. The van der Waals surface area contributed by atoms with E-state index in [1.807, 2.05) is 0 Å². The number of anilines is 2. The molecule has 104 valence electrons. The molecule has 1 fully saturated rings. The van der Waals surface area contributed by atoms with E-state index in [0.29, 0.717) is 11.1 Å². The topological polar surface area (TPSA) is 63.2 Å². The number of nitrogens with one attached hydrogen (secondary N) is 2. The average Bonchev–Trinajstić information content (AvgIpc) is 2.31. The Balaban J connectivity index is 2.14. The van der Waals surface area contributed by atoms with Crippen LogP contribution in [0, 0.1) is 5.82 Å². The van der Waals surface area contributed by atoms with E-state index in [1.54, 1.807) is 0 Å². The molecule has 1 atom stereocenters. The normalized spacial score (nSPS) is 17.7. The third-order valence-corrected chi connectivity index (χ3v) is 3.27. The van der Waals surface area contributed by atoms with Gasteiger partial charge in [0.1, 0.15) is 16.2 Å². The molecule has 0 aliphatic carbocycles. The quantitative estimate of drug-likeness (QED) is 0.631. The highest BCUT2D eigenvalue weighted by Crippen LogP contribution is 2.27.